The minimum atomic E-state index is -0.283. The quantitative estimate of drug-likeness (QED) is 0.656. The number of allylic oxidation sites excluding steroid dienone is 1. The largest absolute Gasteiger partial charge is 0.288 e. The van der Waals surface area contributed by atoms with Crippen molar-refractivity contribution in [1.82, 2.24) is 15.2 Å². The van der Waals surface area contributed by atoms with Gasteiger partial charge in [0.2, 0.25) is 5.95 Å². The van der Waals surface area contributed by atoms with Crippen molar-refractivity contribution in [2.45, 2.75) is 13.8 Å². The summed E-state index contributed by atoms with van der Waals surface area (Å²) >= 11 is 0. The van der Waals surface area contributed by atoms with Gasteiger partial charge in [0.1, 0.15) is 5.69 Å². The lowest BCUT2D eigenvalue weighted by molar-refractivity contribution is 0.897. The molecule has 2 N–H and O–H groups in total. The van der Waals surface area contributed by atoms with E-state index in [1.165, 1.54) is 0 Å². The van der Waals surface area contributed by atoms with Crippen LogP contribution in [0, 0.1) is 6.92 Å². The van der Waals surface area contributed by atoms with E-state index in [1.54, 1.807) is 13.1 Å². The monoisotopic (exact) mass is 269 g/mol. The van der Waals surface area contributed by atoms with Gasteiger partial charge in [-0.2, -0.15) is 5.10 Å². The Labute approximate surface area is 116 Å². The van der Waals surface area contributed by atoms with Crippen molar-refractivity contribution < 1.29 is 0 Å². The van der Waals surface area contributed by atoms with Crippen LogP contribution in [-0.2, 0) is 0 Å². The summed E-state index contributed by atoms with van der Waals surface area (Å²) in [4.78, 5) is 13.8. The van der Waals surface area contributed by atoms with Crippen LogP contribution >= 0.6 is 0 Å². The Hall–Kier alpha value is -2.76. The van der Waals surface area contributed by atoms with Crippen LogP contribution in [-0.4, -0.2) is 21.4 Å². The fourth-order valence-corrected chi connectivity index (χ4v) is 1.49. The maximum absolute atomic E-state index is 11.3. The number of aromatic nitrogens is 3. The summed E-state index contributed by atoms with van der Waals surface area (Å²) in [6.07, 6.45) is 3.64. The number of aromatic amines is 1. The number of hydrogen-bond donors (Lipinski definition) is 2. The predicted molar refractivity (Wildman–Crippen MR) is 79.6 cm³/mol. The summed E-state index contributed by atoms with van der Waals surface area (Å²) < 4.78 is 0. The van der Waals surface area contributed by atoms with Crippen molar-refractivity contribution in [3.63, 3.8) is 0 Å². The zero-order chi connectivity index (χ0) is 14.4. The molecule has 0 aliphatic rings. The van der Waals surface area contributed by atoms with Crippen molar-refractivity contribution in [2.24, 2.45) is 5.10 Å². The van der Waals surface area contributed by atoms with Crippen LogP contribution in [0.25, 0.3) is 6.08 Å². The van der Waals surface area contributed by atoms with E-state index in [4.69, 9.17) is 0 Å². The molecular weight excluding hydrogens is 254 g/mol. The van der Waals surface area contributed by atoms with Gasteiger partial charge in [0.05, 0.1) is 6.21 Å². The first-order chi connectivity index (χ1) is 9.65. The van der Waals surface area contributed by atoms with Crippen molar-refractivity contribution in [1.29, 1.82) is 0 Å². The number of hydrogen-bond acceptors (Lipinski definition) is 5. The van der Waals surface area contributed by atoms with Crippen molar-refractivity contribution in [3.05, 3.63) is 57.5 Å². The molecule has 20 heavy (non-hydrogen) atoms. The van der Waals surface area contributed by atoms with Gasteiger partial charge in [-0.3, -0.25) is 9.78 Å². The lowest BCUT2D eigenvalue weighted by Gasteiger charge is -1.98. The molecule has 1 aromatic heterocycles. The fraction of sp³-hybridized carbons (Fsp3) is 0.143. The normalized spacial score (nSPS) is 11.8. The SMILES string of the molecule is CC(/C=N\Nc1nnc(C)c(=O)[nH]1)=C\c1ccccc1. The molecule has 0 fully saturated rings. The van der Waals surface area contributed by atoms with Crippen LogP contribution in [0.4, 0.5) is 5.95 Å². The van der Waals surface area contributed by atoms with Crippen molar-refractivity contribution in [2.75, 3.05) is 5.43 Å². The fourth-order valence-electron chi connectivity index (χ4n) is 1.49. The van der Waals surface area contributed by atoms with Crippen LogP contribution in [0.2, 0.25) is 0 Å². The van der Waals surface area contributed by atoms with Crippen molar-refractivity contribution in [3.8, 4) is 0 Å². The molecule has 2 aromatic rings. The minimum Gasteiger partial charge on any atom is -0.288 e. The van der Waals surface area contributed by atoms with Crippen LogP contribution in [0.1, 0.15) is 18.2 Å². The average molecular weight is 269 g/mol. The second-order valence-electron chi connectivity index (χ2n) is 4.26. The summed E-state index contributed by atoms with van der Waals surface area (Å²) in [5.41, 5.74) is 4.73. The number of nitrogens with zero attached hydrogens (tertiary/aromatic N) is 3. The maximum Gasteiger partial charge on any atom is 0.274 e. The summed E-state index contributed by atoms with van der Waals surface area (Å²) in [6.45, 7) is 3.52. The number of rotatable bonds is 4. The van der Waals surface area contributed by atoms with Gasteiger partial charge in [-0.25, -0.2) is 5.43 Å². The van der Waals surface area contributed by atoms with E-state index >= 15 is 0 Å². The first kappa shape index (κ1) is 13.7. The molecule has 0 amide bonds. The van der Waals surface area contributed by atoms with Gasteiger partial charge in [0.25, 0.3) is 5.56 Å². The van der Waals surface area contributed by atoms with Gasteiger partial charge in [-0.05, 0) is 25.0 Å². The van der Waals surface area contributed by atoms with Crippen LogP contribution < -0.4 is 11.0 Å². The highest BCUT2D eigenvalue weighted by Crippen LogP contribution is 2.04. The number of H-pyrrole nitrogens is 1. The highest BCUT2D eigenvalue weighted by atomic mass is 16.1. The number of anilines is 1. The van der Waals surface area contributed by atoms with E-state index in [9.17, 15) is 4.79 Å². The zero-order valence-corrected chi connectivity index (χ0v) is 11.3. The van der Waals surface area contributed by atoms with Crippen LogP contribution in [0.3, 0.4) is 0 Å². The van der Waals surface area contributed by atoms with E-state index in [2.05, 4.69) is 25.7 Å². The van der Waals surface area contributed by atoms with E-state index in [1.807, 2.05) is 43.3 Å². The third-order valence-electron chi connectivity index (χ3n) is 2.49. The van der Waals surface area contributed by atoms with Gasteiger partial charge in [-0.1, -0.05) is 36.4 Å². The molecule has 2 rings (SSSR count). The van der Waals surface area contributed by atoms with Gasteiger partial charge in [0.15, 0.2) is 0 Å². The van der Waals surface area contributed by atoms with E-state index in [-0.39, 0.29) is 11.5 Å². The molecule has 6 nitrogen and oxygen atoms in total. The Kier molecular flexibility index (Phi) is 4.39. The number of nitrogens with one attached hydrogen (secondary N) is 2. The van der Waals surface area contributed by atoms with E-state index in [0.717, 1.165) is 11.1 Å². The van der Waals surface area contributed by atoms with Crippen LogP contribution in [0.15, 0.2) is 45.8 Å². The van der Waals surface area contributed by atoms with Crippen molar-refractivity contribution >= 4 is 18.2 Å². The molecule has 0 radical (unpaired) electrons. The van der Waals surface area contributed by atoms with Gasteiger partial charge < -0.3 is 0 Å². The summed E-state index contributed by atoms with van der Waals surface area (Å²) in [5, 5.41) is 11.5. The molecule has 0 aliphatic carbocycles. The second kappa shape index (κ2) is 6.42. The molecule has 0 aliphatic heterocycles. The molecule has 6 heteroatoms. The Morgan fingerprint density at radius 1 is 1.30 bits per heavy atom. The van der Waals surface area contributed by atoms with Gasteiger partial charge in [-0.15, -0.1) is 10.2 Å². The number of hydrazone groups is 1. The number of aryl methyl sites for hydroxylation is 1. The Morgan fingerprint density at radius 3 is 2.75 bits per heavy atom. The molecular formula is C14H15N5O. The number of benzene rings is 1. The summed E-state index contributed by atoms with van der Waals surface area (Å²) in [5.74, 6) is 0.212. The topological polar surface area (TPSA) is 83.0 Å². The lowest BCUT2D eigenvalue weighted by atomic mass is 10.1. The third kappa shape index (κ3) is 3.88. The maximum atomic E-state index is 11.3. The standard InChI is InChI=1S/C14H15N5O/c1-10(8-12-6-4-3-5-7-12)9-15-18-14-16-13(20)11(2)17-19-14/h3-9H,1-2H3,(H2,16,18,19,20)/b10-8+,15-9-. The molecule has 0 saturated carbocycles. The first-order valence-electron chi connectivity index (χ1n) is 6.11. The Bertz CT molecular complexity index is 688. The highest BCUT2D eigenvalue weighted by Gasteiger charge is 1.97. The van der Waals surface area contributed by atoms with Crippen LogP contribution in [0.5, 0.6) is 0 Å². The average Bonchev–Trinajstić information content (AvgIpc) is 2.44. The summed E-state index contributed by atoms with van der Waals surface area (Å²) in [7, 11) is 0. The third-order valence-corrected chi connectivity index (χ3v) is 2.49. The summed E-state index contributed by atoms with van der Waals surface area (Å²) in [6, 6.07) is 9.93. The molecule has 0 unspecified atom stereocenters. The lowest BCUT2D eigenvalue weighted by Crippen LogP contribution is -2.15. The van der Waals surface area contributed by atoms with Gasteiger partial charge >= 0.3 is 0 Å². The zero-order valence-electron chi connectivity index (χ0n) is 11.3. The first-order valence-corrected chi connectivity index (χ1v) is 6.11. The molecule has 0 spiro atoms. The minimum absolute atomic E-state index is 0.212. The molecule has 0 atom stereocenters. The van der Waals surface area contributed by atoms with E-state index in [0.29, 0.717) is 5.69 Å². The predicted octanol–water partition coefficient (Wildman–Crippen LogP) is 1.97. The molecule has 102 valence electrons. The molecule has 0 bridgehead atoms. The molecule has 1 aromatic carbocycles. The van der Waals surface area contributed by atoms with E-state index < -0.39 is 0 Å². The Balaban J connectivity index is 2.01. The highest BCUT2D eigenvalue weighted by molar-refractivity contribution is 5.85. The Morgan fingerprint density at radius 2 is 2.05 bits per heavy atom. The molecule has 1 heterocycles. The smallest absolute Gasteiger partial charge is 0.274 e. The van der Waals surface area contributed by atoms with Gasteiger partial charge in [0, 0.05) is 0 Å². The molecule has 0 saturated heterocycles. The second-order valence-corrected chi connectivity index (χ2v) is 4.26.